The highest BCUT2D eigenvalue weighted by molar-refractivity contribution is 6.13. The van der Waals surface area contributed by atoms with E-state index in [1.54, 1.807) is 24.3 Å². The zero-order chi connectivity index (χ0) is 19.7. The van der Waals surface area contributed by atoms with Gasteiger partial charge in [0.05, 0.1) is 12.0 Å². The van der Waals surface area contributed by atoms with Gasteiger partial charge in [-0.25, -0.2) is 9.79 Å². The van der Waals surface area contributed by atoms with Crippen LogP contribution in [-0.2, 0) is 9.53 Å². The summed E-state index contributed by atoms with van der Waals surface area (Å²) in [7, 11) is 1.34. The van der Waals surface area contributed by atoms with Gasteiger partial charge in [-0.15, -0.1) is 0 Å². The number of carbonyl (C=O) groups excluding carboxylic acids is 1. The highest BCUT2D eigenvalue weighted by Gasteiger charge is 2.27. The third-order valence-electron chi connectivity index (χ3n) is 4.11. The molecule has 9 nitrogen and oxygen atoms in total. The molecule has 0 saturated carbocycles. The summed E-state index contributed by atoms with van der Waals surface area (Å²) in [5.41, 5.74) is 0.807. The largest absolute Gasteiger partial charge is 0.490 e. The molecule has 0 aliphatic carbocycles. The lowest BCUT2D eigenvalue weighted by atomic mass is 10.1. The monoisotopic (exact) mass is 382 g/mol. The summed E-state index contributed by atoms with van der Waals surface area (Å²) in [6.45, 7) is 0.940. The Morgan fingerprint density at radius 3 is 2.68 bits per heavy atom. The normalized spacial score (nSPS) is 16.5. The SMILES string of the molecule is COc1ccc(C2=NC(=Cc3ccc4c(c3)OCCO4)C(=O)O2)cc1[N+](=O)[O-]. The number of esters is 1. The van der Waals surface area contributed by atoms with Gasteiger partial charge in [-0.3, -0.25) is 10.1 Å². The van der Waals surface area contributed by atoms with Crippen molar-refractivity contribution in [2.24, 2.45) is 4.99 Å². The molecule has 2 aliphatic heterocycles. The predicted molar refractivity (Wildman–Crippen MR) is 97.7 cm³/mol. The molecule has 0 radical (unpaired) electrons. The lowest BCUT2D eigenvalue weighted by Gasteiger charge is -2.18. The van der Waals surface area contributed by atoms with E-state index in [2.05, 4.69) is 4.99 Å². The highest BCUT2D eigenvalue weighted by Crippen LogP contribution is 2.32. The van der Waals surface area contributed by atoms with E-state index in [0.29, 0.717) is 35.8 Å². The number of rotatable bonds is 4. The van der Waals surface area contributed by atoms with Gasteiger partial charge in [-0.05, 0) is 35.9 Å². The number of benzene rings is 2. The van der Waals surface area contributed by atoms with Crippen LogP contribution < -0.4 is 14.2 Å². The first kappa shape index (κ1) is 17.5. The third-order valence-corrected chi connectivity index (χ3v) is 4.11. The Morgan fingerprint density at radius 2 is 1.93 bits per heavy atom. The summed E-state index contributed by atoms with van der Waals surface area (Å²) in [6, 6.07) is 9.45. The van der Waals surface area contributed by atoms with Crippen LogP contribution in [0.15, 0.2) is 47.1 Å². The topological polar surface area (TPSA) is 109 Å². The van der Waals surface area contributed by atoms with Crippen LogP contribution in [0.3, 0.4) is 0 Å². The van der Waals surface area contributed by atoms with Crippen molar-refractivity contribution < 1.29 is 28.7 Å². The number of nitrogens with zero attached hydrogens (tertiary/aromatic N) is 2. The second-order valence-corrected chi connectivity index (χ2v) is 5.88. The molecule has 9 heteroatoms. The molecule has 2 aromatic rings. The summed E-state index contributed by atoms with van der Waals surface area (Å²) in [5, 5.41) is 11.2. The lowest BCUT2D eigenvalue weighted by molar-refractivity contribution is -0.385. The van der Waals surface area contributed by atoms with E-state index in [9.17, 15) is 14.9 Å². The van der Waals surface area contributed by atoms with Crippen LogP contribution in [-0.4, -0.2) is 37.1 Å². The minimum atomic E-state index is -0.650. The van der Waals surface area contributed by atoms with Crippen LogP contribution in [0.4, 0.5) is 5.69 Å². The number of hydrogen-bond donors (Lipinski definition) is 0. The number of nitro groups is 1. The number of fused-ring (bicyclic) bond motifs is 1. The Bertz CT molecular complexity index is 1040. The molecule has 142 valence electrons. The average molecular weight is 382 g/mol. The molecule has 0 saturated heterocycles. The van der Waals surface area contributed by atoms with Crippen molar-refractivity contribution in [2.75, 3.05) is 20.3 Å². The Hall–Kier alpha value is -3.88. The molecule has 2 aliphatic rings. The van der Waals surface area contributed by atoms with Gasteiger partial charge in [-0.1, -0.05) is 6.07 Å². The van der Waals surface area contributed by atoms with Crippen molar-refractivity contribution in [2.45, 2.75) is 0 Å². The lowest BCUT2D eigenvalue weighted by Crippen LogP contribution is -2.15. The van der Waals surface area contributed by atoms with Crippen molar-refractivity contribution >= 4 is 23.6 Å². The minimum absolute atomic E-state index is 0.0143. The Balaban J connectivity index is 1.66. The molecule has 4 rings (SSSR count). The van der Waals surface area contributed by atoms with Gasteiger partial charge in [0.2, 0.25) is 5.90 Å². The van der Waals surface area contributed by atoms with Crippen molar-refractivity contribution in [3.63, 3.8) is 0 Å². The molecule has 0 aromatic heterocycles. The summed E-state index contributed by atoms with van der Waals surface area (Å²) >= 11 is 0. The maximum Gasteiger partial charge on any atom is 0.363 e. The molecule has 0 fully saturated rings. The minimum Gasteiger partial charge on any atom is -0.490 e. The van der Waals surface area contributed by atoms with E-state index in [4.69, 9.17) is 18.9 Å². The molecule has 2 heterocycles. The molecule has 2 aromatic carbocycles. The molecule has 0 bridgehead atoms. The maximum absolute atomic E-state index is 12.2. The number of hydrogen-bond acceptors (Lipinski definition) is 8. The quantitative estimate of drug-likeness (QED) is 0.346. The molecule has 0 spiro atoms. The standard InChI is InChI=1S/C19H14N2O7/c1-25-15-5-3-12(10-14(15)21(23)24)18-20-13(19(22)28-18)8-11-2-4-16-17(9-11)27-7-6-26-16/h2-5,8-10H,6-7H2,1H3. The van der Waals surface area contributed by atoms with Gasteiger partial charge in [0.1, 0.15) is 13.2 Å². The average Bonchev–Trinajstić information content (AvgIpc) is 3.07. The zero-order valence-corrected chi connectivity index (χ0v) is 14.7. The van der Waals surface area contributed by atoms with Crippen molar-refractivity contribution in [1.82, 2.24) is 0 Å². The fourth-order valence-electron chi connectivity index (χ4n) is 2.81. The van der Waals surface area contributed by atoms with E-state index in [0.717, 1.165) is 0 Å². The molecule has 0 unspecified atom stereocenters. The van der Waals surface area contributed by atoms with Gasteiger partial charge in [0, 0.05) is 11.6 Å². The summed E-state index contributed by atoms with van der Waals surface area (Å²) in [4.78, 5) is 26.9. The van der Waals surface area contributed by atoms with E-state index >= 15 is 0 Å². The fraction of sp³-hybridized carbons (Fsp3) is 0.158. The fourth-order valence-corrected chi connectivity index (χ4v) is 2.81. The number of aliphatic imine (C=N–C) groups is 1. The second-order valence-electron chi connectivity index (χ2n) is 5.88. The molecule has 0 amide bonds. The molecular formula is C19H14N2O7. The van der Waals surface area contributed by atoms with Crippen molar-refractivity contribution in [1.29, 1.82) is 0 Å². The number of nitro benzene ring substituents is 1. The van der Waals surface area contributed by atoms with Gasteiger partial charge >= 0.3 is 11.7 Å². The Morgan fingerprint density at radius 1 is 1.14 bits per heavy atom. The van der Waals surface area contributed by atoms with E-state index in [-0.39, 0.29) is 23.0 Å². The second kappa shape index (κ2) is 7.03. The number of cyclic esters (lactones) is 1. The van der Waals surface area contributed by atoms with Crippen LogP contribution >= 0.6 is 0 Å². The van der Waals surface area contributed by atoms with Crippen LogP contribution in [0.2, 0.25) is 0 Å². The van der Waals surface area contributed by atoms with E-state index < -0.39 is 10.9 Å². The predicted octanol–water partition coefficient (Wildman–Crippen LogP) is 2.72. The van der Waals surface area contributed by atoms with Crippen LogP contribution in [0.1, 0.15) is 11.1 Å². The third kappa shape index (κ3) is 3.25. The molecule has 0 N–H and O–H groups in total. The first-order valence-corrected chi connectivity index (χ1v) is 8.30. The van der Waals surface area contributed by atoms with E-state index in [1.165, 1.54) is 25.3 Å². The Kier molecular flexibility index (Phi) is 4.40. The number of ether oxygens (including phenoxy) is 4. The van der Waals surface area contributed by atoms with Crippen LogP contribution in [0, 0.1) is 10.1 Å². The van der Waals surface area contributed by atoms with Gasteiger partial charge in [0.25, 0.3) is 0 Å². The van der Waals surface area contributed by atoms with Gasteiger partial charge in [0.15, 0.2) is 22.9 Å². The first-order chi connectivity index (χ1) is 13.5. The summed E-state index contributed by atoms with van der Waals surface area (Å²) < 4.78 is 21.1. The summed E-state index contributed by atoms with van der Waals surface area (Å²) in [5.74, 6) is 0.660. The van der Waals surface area contributed by atoms with Crippen LogP contribution in [0.5, 0.6) is 17.2 Å². The van der Waals surface area contributed by atoms with Crippen molar-refractivity contribution in [3.05, 3.63) is 63.3 Å². The highest BCUT2D eigenvalue weighted by atomic mass is 16.6. The molecule has 28 heavy (non-hydrogen) atoms. The zero-order valence-electron chi connectivity index (χ0n) is 14.7. The summed E-state index contributed by atoms with van der Waals surface area (Å²) in [6.07, 6.45) is 1.55. The number of methoxy groups -OCH3 is 1. The number of carbonyl (C=O) groups is 1. The van der Waals surface area contributed by atoms with Crippen LogP contribution in [0.25, 0.3) is 6.08 Å². The Labute approximate surface area is 159 Å². The van der Waals surface area contributed by atoms with E-state index in [1.807, 2.05) is 0 Å². The van der Waals surface area contributed by atoms with Gasteiger partial charge in [-0.2, -0.15) is 0 Å². The maximum atomic E-state index is 12.2. The van der Waals surface area contributed by atoms with Crippen molar-refractivity contribution in [3.8, 4) is 17.2 Å². The first-order valence-electron chi connectivity index (χ1n) is 8.30. The van der Waals surface area contributed by atoms with Gasteiger partial charge < -0.3 is 18.9 Å². The smallest absolute Gasteiger partial charge is 0.363 e. The molecular weight excluding hydrogens is 368 g/mol. The molecule has 0 atom stereocenters.